The van der Waals surface area contributed by atoms with Gasteiger partial charge in [0.25, 0.3) is 0 Å². The predicted molar refractivity (Wildman–Crippen MR) is 88.3 cm³/mol. The summed E-state index contributed by atoms with van der Waals surface area (Å²) in [6.45, 7) is 8.64. The van der Waals surface area contributed by atoms with Crippen molar-refractivity contribution in [3.63, 3.8) is 0 Å². The largest absolute Gasteiger partial charge is 0.365 e. The highest BCUT2D eigenvalue weighted by molar-refractivity contribution is 7.51. The molecule has 0 aliphatic carbocycles. The van der Waals surface area contributed by atoms with Crippen molar-refractivity contribution in [2.45, 2.75) is 53.4 Å². The van der Waals surface area contributed by atoms with Crippen molar-refractivity contribution < 1.29 is 19.1 Å². The van der Waals surface area contributed by atoms with E-state index in [4.69, 9.17) is 14.5 Å². The van der Waals surface area contributed by atoms with E-state index in [0.717, 1.165) is 25.7 Å². The monoisotopic (exact) mass is 316 g/mol. The third kappa shape index (κ3) is 15.5. The van der Waals surface area contributed by atoms with Gasteiger partial charge in [0.1, 0.15) is 6.35 Å². The molecule has 2 N–H and O–H groups in total. The van der Waals surface area contributed by atoms with Gasteiger partial charge in [-0.3, -0.25) is 4.57 Å². The van der Waals surface area contributed by atoms with Gasteiger partial charge in [-0.1, -0.05) is 34.9 Å². The Kier molecular flexibility index (Phi) is 10.6. The molecule has 122 valence electrons. The molecule has 0 radical (unpaired) electrons. The van der Waals surface area contributed by atoms with Gasteiger partial charge in [-0.15, -0.1) is 0 Å². The van der Waals surface area contributed by atoms with Gasteiger partial charge >= 0.3 is 7.60 Å². The summed E-state index contributed by atoms with van der Waals surface area (Å²) in [6, 6.07) is 0. The van der Waals surface area contributed by atoms with Crippen molar-refractivity contribution >= 4 is 7.60 Å². The van der Waals surface area contributed by atoms with Crippen molar-refractivity contribution in [1.29, 1.82) is 0 Å². The van der Waals surface area contributed by atoms with Gasteiger partial charge in [-0.25, -0.2) is 0 Å². The van der Waals surface area contributed by atoms with Crippen molar-refractivity contribution in [1.82, 2.24) is 0 Å². The molecule has 0 heterocycles. The second kappa shape index (κ2) is 11.0. The van der Waals surface area contributed by atoms with Crippen molar-refractivity contribution in [3.8, 4) is 0 Å². The fourth-order valence-corrected chi connectivity index (χ4v) is 2.05. The van der Waals surface area contributed by atoms with Gasteiger partial charge in [-0.05, 0) is 53.4 Å². The second-order valence-electron chi connectivity index (χ2n) is 5.62. The van der Waals surface area contributed by atoms with Crippen LogP contribution < -0.4 is 0 Å². The van der Waals surface area contributed by atoms with E-state index < -0.39 is 13.9 Å². The highest BCUT2D eigenvalue weighted by Gasteiger charge is 2.11. The SMILES string of the molecule is CC(C)=CCCC(C)=CCCC(C)=CCOCP(=O)(O)O. The van der Waals surface area contributed by atoms with Gasteiger partial charge in [0, 0.05) is 0 Å². The third-order valence-electron chi connectivity index (χ3n) is 2.93. The van der Waals surface area contributed by atoms with Crippen LogP contribution in [0.5, 0.6) is 0 Å². The van der Waals surface area contributed by atoms with Crippen LogP contribution in [-0.4, -0.2) is 22.7 Å². The van der Waals surface area contributed by atoms with Crippen LogP contribution in [0.25, 0.3) is 0 Å². The second-order valence-corrected chi connectivity index (χ2v) is 7.21. The highest BCUT2D eigenvalue weighted by atomic mass is 31.2. The van der Waals surface area contributed by atoms with Crippen molar-refractivity contribution in [2.24, 2.45) is 0 Å². The van der Waals surface area contributed by atoms with E-state index in [1.54, 1.807) is 0 Å². The van der Waals surface area contributed by atoms with Crippen LogP contribution in [0.2, 0.25) is 0 Å². The zero-order chi connectivity index (χ0) is 16.3. The number of ether oxygens (including phenoxy) is 1. The molecule has 0 spiro atoms. The van der Waals surface area contributed by atoms with E-state index in [9.17, 15) is 4.57 Å². The Morgan fingerprint density at radius 1 is 0.952 bits per heavy atom. The third-order valence-corrected chi connectivity index (χ3v) is 3.45. The first kappa shape index (κ1) is 20.3. The molecule has 0 amide bonds. The lowest BCUT2D eigenvalue weighted by atomic mass is 10.1. The number of hydrogen-bond acceptors (Lipinski definition) is 2. The van der Waals surface area contributed by atoms with E-state index in [1.165, 1.54) is 16.7 Å². The Bertz CT molecular complexity index is 426. The minimum atomic E-state index is -4.04. The Hall–Kier alpha value is -0.670. The molecule has 0 saturated carbocycles. The highest BCUT2D eigenvalue weighted by Crippen LogP contribution is 2.33. The van der Waals surface area contributed by atoms with Crippen LogP contribution in [0.1, 0.15) is 53.4 Å². The molecule has 21 heavy (non-hydrogen) atoms. The fraction of sp³-hybridized carbons (Fsp3) is 0.625. The standard InChI is InChI=1S/C16H29O4P/c1-14(2)7-5-8-15(3)9-6-10-16(4)11-12-20-13-21(17,18)19/h7,9,11H,5-6,8,10,12-13H2,1-4H3,(H2,17,18,19). The molecular weight excluding hydrogens is 287 g/mol. The summed E-state index contributed by atoms with van der Waals surface area (Å²) in [7, 11) is -4.04. The minimum Gasteiger partial charge on any atom is -0.365 e. The molecule has 0 aromatic carbocycles. The Morgan fingerprint density at radius 2 is 1.48 bits per heavy atom. The number of rotatable bonds is 10. The van der Waals surface area contributed by atoms with Gasteiger partial charge in [0.05, 0.1) is 6.61 Å². The molecule has 5 heteroatoms. The lowest BCUT2D eigenvalue weighted by Gasteiger charge is -2.04. The molecule has 0 aliphatic heterocycles. The molecule has 0 atom stereocenters. The summed E-state index contributed by atoms with van der Waals surface area (Å²) in [6.07, 6.45) is 9.99. The summed E-state index contributed by atoms with van der Waals surface area (Å²) in [4.78, 5) is 17.3. The maximum Gasteiger partial charge on any atom is 0.350 e. The first-order valence-corrected chi connectivity index (χ1v) is 9.07. The topological polar surface area (TPSA) is 66.8 Å². The van der Waals surface area contributed by atoms with E-state index >= 15 is 0 Å². The van der Waals surface area contributed by atoms with Crippen molar-refractivity contribution in [3.05, 3.63) is 34.9 Å². The first-order valence-electron chi connectivity index (χ1n) is 7.27. The molecular formula is C16H29O4P. The molecule has 0 rings (SSSR count). The normalized spacial score (nSPS) is 13.4. The smallest absolute Gasteiger partial charge is 0.350 e. The summed E-state index contributed by atoms with van der Waals surface area (Å²) >= 11 is 0. The first-order chi connectivity index (χ1) is 9.70. The predicted octanol–water partition coefficient (Wildman–Crippen LogP) is 4.56. The van der Waals surface area contributed by atoms with Gasteiger partial charge in [-0.2, -0.15) is 0 Å². The van der Waals surface area contributed by atoms with E-state index in [0.29, 0.717) is 0 Å². The maximum atomic E-state index is 10.6. The number of hydrogen-bond donors (Lipinski definition) is 2. The van der Waals surface area contributed by atoms with Gasteiger partial charge < -0.3 is 14.5 Å². The number of allylic oxidation sites excluding steroid dienone is 5. The summed E-state index contributed by atoms with van der Waals surface area (Å²) < 4.78 is 15.5. The van der Waals surface area contributed by atoms with Crippen LogP contribution in [0, 0.1) is 0 Å². The zero-order valence-electron chi connectivity index (χ0n) is 13.6. The molecule has 4 nitrogen and oxygen atoms in total. The van der Waals surface area contributed by atoms with Crippen LogP contribution >= 0.6 is 7.60 Å². The van der Waals surface area contributed by atoms with Crippen LogP contribution in [0.4, 0.5) is 0 Å². The molecule has 0 bridgehead atoms. The van der Waals surface area contributed by atoms with E-state index in [1.807, 2.05) is 13.0 Å². The van der Waals surface area contributed by atoms with E-state index in [2.05, 4.69) is 32.9 Å². The zero-order valence-corrected chi connectivity index (χ0v) is 14.5. The van der Waals surface area contributed by atoms with Crippen LogP contribution in [0.15, 0.2) is 34.9 Å². The van der Waals surface area contributed by atoms with Crippen LogP contribution in [-0.2, 0) is 9.30 Å². The molecule has 0 aromatic rings. The van der Waals surface area contributed by atoms with Gasteiger partial charge in [0.15, 0.2) is 0 Å². The van der Waals surface area contributed by atoms with Crippen molar-refractivity contribution in [2.75, 3.05) is 13.0 Å². The minimum absolute atomic E-state index is 0.250. The average Bonchev–Trinajstić information content (AvgIpc) is 2.33. The molecule has 0 unspecified atom stereocenters. The van der Waals surface area contributed by atoms with Crippen LogP contribution in [0.3, 0.4) is 0 Å². The van der Waals surface area contributed by atoms with E-state index in [-0.39, 0.29) is 6.61 Å². The molecule has 0 aromatic heterocycles. The molecule has 0 saturated heterocycles. The lowest BCUT2D eigenvalue weighted by molar-refractivity contribution is 0.184. The Labute approximate surface area is 128 Å². The van der Waals surface area contributed by atoms with Gasteiger partial charge in [0.2, 0.25) is 0 Å². The molecule has 0 aliphatic rings. The Balaban J connectivity index is 3.88. The lowest BCUT2D eigenvalue weighted by Crippen LogP contribution is -1.95. The molecule has 0 fully saturated rings. The maximum absolute atomic E-state index is 10.6. The summed E-state index contributed by atoms with van der Waals surface area (Å²) in [5.74, 6) is 0. The average molecular weight is 316 g/mol. The summed E-state index contributed by atoms with van der Waals surface area (Å²) in [5.41, 5.74) is 3.93. The fourth-order valence-electron chi connectivity index (χ4n) is 1.71. The quantitative estimate of drug-likeness (QED) is 0.352. The summed E-state index contributed by atoms with van der Waals surface area (Å²) in [5, 5.41) is 0. The Morgan fingerprint density at radius 3 is 2.00 bits per heavy atom.